The molecule has 9 heteroatoms. The van der Waals surface area contributed by atoms with Crippen LogP contribution in [0.1, 0.15) is 11.3 Å². The Labute approximate surface area is 133 Å². The van der Waals surface area contributed by atoms with Crippen LogP contribution in [-0.4, -0.2) is 24.9 Å². The minimum Gasteiger partial charge on any atom is -0.393 e. The fourth-order valence-electron chi connectivity index (χ4n) is 2.08. The van der Waals surface area contributed by atoms with Crippen LogP contribution in [0.15, 0.2) is 41.4 Å². The van der Waals surface area contributed by atoms with Gasteiger partial charge in [0.15, 0.2) is 0 Å². The summed E-state index contributed by atoms with van der Waals surface area (Å²) in [5.41, 5.74) is 6.14. The number of nitrogens with two attached hydrogens (primary N) is 1. The number of aryl methyl sites for hydroxylation is 1. The zero-order chi connectivity index (χ0) is 17.0. The molecule has 2 aromatic rings. The highest BCUT2D eigenvalue weighted by Gasteiger charge is 2.22. The molecule has 1 aromatic heterocycles. The minimum absolute atomic E-state index is 0.0695. The molecule has 2 rings (SSSR count). The molecule has 1 aromatic carbocycles. The summed E-state index contributed by atoms with van der Waals surface area (Å²) in [4.78, 5) is 14.2. The van der Waals surface area contributed by atoms with Gasteiger partial charge < -0.3 is 5.73 Å². The van der Waals surface area contributed by atoms with Crippen molar-refractivity contribution in [2.45, 2.75) is 18.2 Å². The molecule has 0 amide bonds. The minimum atomic E-state index is -3.87. The van der Waals surface area contributed by atoms with Crippen LogP contribution in [-0.2, 0) is 16.4 Å². The number of anilines is 1. The predicted molar refractivity (Wildman–Crippen MR) is 85.4 cm³/mol. The number of pyridine rings is 1. The number of nitrogen functional groups attached to an aromatic ring is 1. The molecule has 0 radical (unpaired) electrons. The van der Waals surface area contributed by atoms with E-state index in [0.717, 1.165) is 11.8 Å². The Morgan fingerprint density at radius 1 is 1.35 bits per heavy atom. The largest absolute Gasteiger partial charge is 0.393 e. The number of aromatic nitrogens is 1. The number of nitro groups is 1. The third kappa shape index (κ3) is 4.02. The lowest BCUT2D eigenvalue weighted by Crippen LogP contribution is -2.27. The van der Waals surface area contributed by atoms with Crippen molar-refractivity contribution in [3.63, 3.8) is 0 Å². The van der Waals surface area contributed by atoms with Gasteiger partial charge in [0.1, 0.15) is 5.69 Å². The van der Waals surface area contributed by atoms with Gasteiger partial charge in [-0.1, -0.05) is 6.07 Å². The summed E-state index contributed by atoms with van der Waals surface area (Å²) in [5.74, 6) is 0. The molecule has 0 saturated carbocycles. The van der Waals surface area contributed by atoms with Crippen LogP contribution in [0.5, 0.6) is 0 Å². The lowest BCUT2D eigenvalue weighted by Gasteiger charge is -2.10. The van der Waals surface area contributed by atoms with Gasteiger partial charge in [-0.05, 0) is 30.7 Å². The van der Waals surface area contributed by atoms with Gasteiger partial charge >= 0.3 is 0 Å². The maximum Gasteiger partial charge on any atom is 0.293 e. The molecule has 0 aliphatic heterocycles. The molecule has 1 heterocycles. The summed E-state index contributed by atoms with van der Waals surface area (Å²) >= 11 is 0. The van der Waals surface area contributed by atoms with E-state index in [0.29, 0.717) is 12.0 Å². The van der Waals surface area contributed by atoms with Crippen LogP contribution in [0, 0.1) is 17.0 Å². The van der Waals surface area contributed by atoms with E-state index in [1.165, 1.54) is 13.0 Å². The fraction of sp³-hybridized carbons (Fsp3) is 0.214. The quantitative estimate of drug-likeness (QED) is 0.466. The molecule has 3 N–H and O–H groups in total. The SMILES string of the molecule is Cc1cc(N)c([N+](=O)[O-])cc1S(=O)(=O)NCCc1ccccn1. The highest BCUT2D eigenvalue weighted by molar-refractivity contribution is 7.89. The monoisotopic (exact) mass is 336 g/mol. The van der Waals surface area contributed by atoms with E-state index in [-0.39, 0.29) is 17.1 Å². The molecular weight excluding hydrogens is 320 g/mol. The third-order valence-electron chi connectivity index (χ3n) is 3.21. The molecule has 8 nitrogen and oxygen atoms in total. The van der Waals surface area contributed by atoms with E-state index in [4.69, 9.17) is 5.73 Å². The van der Waals surface area contributed by atoms with Crippen molar-refractivity contribution in [2.75, 3.05) is 12.3 Å². The predicted octanol–water partition coefficient (Wildman–Crippen LogP) is 1.40. The Kier molecular flexibility index (Phi) is 4.92. The van der Waals surface area contributed by atoms with E-state index in [1.807, 2.05) is 6.07 Å². The first-order chi connectivity index (χ1) is 10.8. The Morgan fingerprint density at radius 3 is 2.70 bits per heavy atom. The Balaban J connectivity index is 2.19. The van der Waals surface area contributed by atoms with Gasteiger partial charge in [-0.15, -0.1) is 0 Å². The van der Waals surface area contributed by atoms with Crippen LogP contribution in [0.2, 0.25) is 0 Å². The van der Waals surface area contributed by atoms with Crippen molar-refractivity contribution in [1.82, 2.24) is 9.71 Å². The van der Waals surface area contributed by atoms with Crippen molar-refractivity contribution < 1.29 is 13.3 Å². The molecule has 0 saturated heterocycles. The second-order valence-electron chi connectivity index (χ2n) is 4.90. The average molecular weight is 336 g/mol. The van der Waals surface area contributed by atoms with Crippen LogP contribution in [0.4, 0.5) is 11.4 Å². The highest BCUT2D eigenvalue weighted by atomic mass is 32.2. The van der Waals surface area contributed by atoms with Gasteiger partial charge in [-0.25, -0.2) is 13.1 Å². The molecule has 23 heavy (non-hydrogen) atoms. The zero-order valence-corrected chi connectivity index (χ0v) is 13.2. The molecule has 0 fully saturated rings. The number of hydrogen-bond acceptors (Lipinski definition) is 6. The van der Waals surface area contributed by atoms with Crippen LogP contribution in [0.3, 0.4) is 0 Å². The third-order valence-corrected chi connectivity index (χ3v) is 4.81. The number of nitrogens with zero attached hydrogens (tertiary/aromatic N) is 2. The number of nitrogens with one attached hydrogen (secondary N) is 1. The Hall–Kier alpha value is -2.52. The summed E-state index contributed by atoms with van der Waals surface area (Å²) in [6.07, 6.45) is 2.04. The van der Waals surface area contributed by atoms with Gasteiger partial charge in [0.2, 0.25) is 10.0 Å². The molecule has 0 aliphatic rings. The van der Waals surface area contributed by atoms with Crippen LogP contribution in [0.25, 0.3) is 0 Å². The Bertz CT molecular complexity index is 822. The second kappa shape index (κ2) is 6.71. The summed E-state index contributed by atoms with van der Waals surface area (Å²) in [6, 6.07) is 7.63. The van der Waals surface area contributed by atoms with E-state index < -0.39 is 20.6 Å². The van der Waals surface area contributed by atoms with E-state index in [9.17, 15) is 18.5 Å². The molecular formula is C14H16N4O4S. The average Bonchev–Trinajstić information content (AvgIpc) is 2.47. The van der Waals surface area contributed by atoms with Crippen molar-refractivity contribution in [2.24, 2.45) is 0 Å². The van der Waals surface area contributed by atoms with Crippen LogP contribution < -0.4 is 10.5 Å². The number of benzene rings is 1. The molecule has 0 atom stereocenters. The lowest BCUT2D eigenvalue weighted by molar-refractivity contribution is -0.384. The topological polar surface area (TPSA) is 128 Å². The molecule has 122 valence electrons. The van der Waals surface area contributed by atoms with E-state index in [2.05, 4.69) is 9.71 Å². The molecule has 0 aliphatic carbocycles. The number of nitro benzene ring substituents is 1. The number of rotatable bonds is 6. The first-order valence-corrected chi connectivity index (χ1v) is 8.23. The van der Waals surface area contributed by atoms with E-state index in [1.54, 1.807) is 18.3 Å². The lowest BCUT2D eigenvalue weighted by atomic mass is 10.2. The van der Waals surface area contributed by atoms with Crippen molar-refractivity contribution in [1.29, 1.82) is 0 Å². The molecule has 0 bridgehead atoms. The van der Waals surface area contributed by atoms with Crippen molar-refractivity contribution in [3.05, 3.63) is 57.9 Å². The smallest absolute Gasteiger partial charge is 0.293 e. The van der Waals surface area contributed by atoms with Gasteiger partial charge in [0.25, 0.3) is 5.69 Å². The van der Waals surface area contributed by atoms with Crippen molar-refractivity contribution in [3.8, 4) is 0 Å². The van der Waals surface area contributed by atoms with Gasteiger partial charge in [-0.2, -0.15) is 0 Å². The molecule has 0 spiro atoms. The maximum atomic E-state index is 12.3. The van der Waals surface area contributed by atoms with Crippen LogP contribution >= 0.6 is 0 Å². The fourth-order valence-corrected chi connectivity index (χ4v) is 3.36. The highest BCUT2D eigenvalue weighted by Crippen LogP contribution is 2.28. The molecule has 0 unspecified atom stereocenters. The summed E-state index contributed by atoms with van der Waals surface area (Å²) in [6.45, 7) is 1.67. The first kappa shape index (κ1) is 16.8. The van der Waals surface area contributed by atoms with Gasteiger partial charge in [-0.3, -0.25) is 15.1 Å². The van der Waals surface area contributed by atoms with E-state index >= 15 is 0 Å². The second-order valence-corrected chi connectivity index (χ2v) is 6.64. The normalized spacial score (nSPS) is 11.3. The van der Waals surface area contributed by atoms with Gasteiger partial charge in [0, 0.05) is 30.9 Å². The zero-order valence-electron chi connectivity index (χ0n) is 12.4. The Morgan fingerprint density at radius 2 is 2.09 bits per heavy atom. The first-order valence-electron chi connectivity index (χ1n) is 6.75. The van der Waals surface area contributed by atoms with Crippen molar-refractivity contribution >= 4 is 21.4 Å². The number of sulfonamides is 1. The summed E-state index contributed by atoms with van der Waals surface area (Å²) in [7, 11) is -3.87. The standard InChI is InChI=1S/C14H16N4O4S/c1-10-8-12(15)13(18(19)20)9-14(10)23(21,22)17-7-5-11-4-2-3-6-16-11/h2-4,6,8-9,17H,5,7,15H2,1H3. The summed E-state index contributed by atoms with van der Waals surface area (Å²) < 4.78 is 27.1. The number of hydrogen-bond donors (Lipinski definition) is 2. The summed E-state index contributed by atoms with van der Waals surface area (Å²) in [5, 5.41) is 10.9. The maximum absolute atomic E-state index is 12.3. The van der Waals surface area contributed by atoms with Gasteiger partial charge in [0.05, 0.1) is 9.82 Å².